The van der Waals surface area contributed by atoms with E-state index in [1.54, 1.807) is 0 Å². The lowest BCUT2D eigenvalue weighted by Crippen LogP contribution is -2.43. The third-order valence-corrected chi connectivity index (χ3v) is 4.68. The Morgan fingerprint density at radius 3 is 2.44 bits per heavy atom. The molecule has 4 nitrogen and oxygen atoms in total. The third kappa shape index (κ3) is 4.40. The number of hydrogen-bond acceptors (Lipinski definition) is 2. The predicted molar refractivity (Wildman–Crippen MR) is 105 cm³/mol. The van der Waals surface area contributed by atoms with Gasteiger partial charge in [0.05, 0.1) is 0 Å². The molecule has 0 saturated carbocycles. The number of guanidine groups is 1. The van der Waals surface area contributed by atoms with E-state index in [0.717, 1.165) is 38.6 Å². The van der Waals surface area contributed by atoms with Crippen LogP contribution in [0.5, 0.6) is 0 Å². The van der Waals surface area contributed by atoms with Crippen LogP contribution in [-0.4, -0.2) is 43.4 Å². The first-order valence-corrected chi connectivity index (χ1v) is 8.91. The van der Waals surface area contributed by atoms with E-state index in [1.165, 1.54) is 22.3 Å². The summed E-state index contributed by atoms with van der Waals surface area (Å²) in [5, 5.41) is 3.56. The predicted octanol–water partition coefficient (Wildman–Crippen LogP) is 2.88. The molecule has 0 atom stereocenters. The summed E-state index contributed by atoms with van der Waals surface area (Å²) in [4.78, 5) is 9.06. The van der Waals surface area contributed by atoms with Gasteiger partial charge >= 0.3 is 0 Å². The van der Waals surface area contributed by atoms with E-state index in [-0.39, 0.29) is 0 Å². The molecule has 0 saturated heterocycles. The molecule has 1 N–H and O–H groups in total. The SMILES string of the molecule is CN=C(NCc1ccccc1CN(C)C)N1CCc2ccccc2C1. The number of benzene rings is 2. The van der Waals surface area contributed by atoms with E-state index in [0.29, 0.717) is 0 Å². The van der Waals surface area contributed by atoms with Crippen LogP contribution in [0.15, 0.2) is 53.5 Å². The summed E-state index contributed by atoms with van der Waals surface area (Å²) in [5.74, 6) is 0.981. The summed E-state index contributed by atoms with van der Waals surface area (Å²) in [6.45, 7) is 3.69. The van der Waals surface area contributed by atoms with Crippen molar-refractivity contribution in [2.45, 2.75) is 26.1 Å². The summed E-state index contributed by atoms with van der Waals surface area (Å²) in [6.07, 6.45) is 1.08. The van der Waals surface area contributed by atoms with Gasteiger partial charge in [0.2, 0.25) is 0 Å². The molecular weight excluding hydrogens is 308 g/mol. The third-order valence-electron chi connectivity index (χ3n) is 4.68. The van der Waals surface area contributed by atoms with Crippen molar-refractivity contribution in [2.75, 3.05) is 27.7 Å². The lowest BCUT2D eigenvalue weighted by molar-refractivity contribution is 0.377. The van der Waals surface area contributed by atoms with Crippen LogP contribution >= 0.6 is 0 Å². The first-order chi connectivity index (χ1) is 12.2. The highest BCUT2D eigenvalue weighted by Gasteiger charge is 2.18. The average molecular weight is 336 g/mol. The van der Waals surface area contributed by atoms with Crippen molar-refractivity contribution >= 4 is 5.96 Å². The van der Waals surface area contributed by atoms with Crippen molar-refractivity contribution in [2.24, 2.45) is 4.99 Å². The number of hydrogen-bond donors (Lipinski definition) is 1. The molecule has 0 radical (unpaired) electrons. The first kappa shape index (κ1) is 17.5. The fraction of sp³-hybridized carbons (Fsp3) is 0.381. The number of nitrogens with one attached hydrogen (secondary N) is 1. The highest BCUT2D eigenvalue weighted by molar-refractivity contribution is 5.80. The minimum absolute atomic E-state index is 0.800. The molecule has 0 fully saturated rings. The van der Waals surface area contributed by atoms with E-state index in [2.05, 4.69) is 82.7 Å². The maximum atomic E-state index is 4.51. The minimum atomic E-state index is 0.800. The molecule has 0 unspecified atom stereocenters. The van der Waals surface area contributed by atoms with Crippen molar-refractivity contribution in [3.05, 3.63) is 70.8 Å². The summed E-state index contributed by atoms with van der Waals surface area (Å²) in [5.41, 5.74) is 5.56. The highest BCUT2D eigenvalue weighted by atomic mass is 15.3. The standard InChI is InChI=1S/C21H28N4/c1-22-21(25-13-12-17-8-4-6-11-20(17)16-25)23-14-18-9-5-7-10-19(18)15-24(2)3/h4-11H,12-16H2,1-3H3,(H,22,23). The van der Waals surface area contributed by atoms with E-state index >= 15 is 0 Å². The van der Waals surface area contributed by atoms with Crippen LogP contribution < -0.4 is 5.32 Å². The van der Waals surface area contributed by atoms with Crippen molar-refractivity contribution < 1.29 is 0 Å². The zero-order chi connectivity index (χ0) is 17.6. The maximum Gasteiger partial charge on any atom is 0.194 e. The molecular formula is C21H28N4. The summed E-state index contributed by atoms with van der Waals surface area (Å²) >= 11 is 0. The highest BCUT2D eigenvalue weighted by Crippen LogP contribution is 2.18. The van der Waals surface area contributed by atoms with E-state index in [4.69, 9.17) is 0 Å². The second kappa shape index (κ2) is 8.17. The maximum absolute atomic E-state index is 4.51. The lowest BCUT2D eigenvalue weighted by atomic mass is 10.0. The van der Waals surface area contributed by atoms with E-state index in [9.17, 15) is 0 Å². The van der Waals surface area contributed by atoms with Gasteiger partial charge < -0.3 is 15.1 Å². The molecule has 0 amide bonds. The second-order valence-corrected chi connectivity index (χ2v) is 6.85. The van der Waals surface area contributed by atoms with Gasteiger partial charge in [-0.2, -0.15) is 0 Å². The summed E-state index contributed by atoms with van der Waals surface area (Å²) in [7, 11) is 6.08. The van der Waals surface area contributed by atoms with Gasteiger partial charge in [0.15, 0.2) is 5.96 Å². The number of nitrogens with zero attached hydrogens (tertiary/aromatic N) is 3. The van der Waals surface area contributed by atoms with Crippen LogP contribution in [0.3, 0.4) is 0 Å². The quantitative estimate of drug-likeness (QED) is 0.688. The van der Waals surface area contributed by atoms with Gasteiger partial charge in [-0.1, -0.05) is 48.5 Å². The van der Waals surface area contributed by atoms with E-state index < -0.39 is 0 Å². The lowest BCUT2D eigenvalue weighted by Gasteiger charge is -2.31. The van der Waals surface area contributed by atoms with E-state index in [1.807, 2.05) is 7.05 Å². The van der Waals surface area contributed by atoms with Crippen LogP contribution in [0, 0.1) is 0 Å². The Bertz CT molecular complexity index is 736. The molecule has 0 bridgehead atoms. The summed E-state index contributed by atoms with van der Waals surface area (Å²) < 4.78 is 0. The topological polar surface area (TPSA) is 30.9 Å². The number of rotatable bonds is 4. The van der Waals surface area contributed by atoms with Crippen LogP contribution in [0.4, 0.5) is 0 Å². The Labute approximate surface area is 151 Å². The molecule has 3 rings (SSSR count). The Hall–Kier alpha value is -2.33. The van der Waals surface area contributed by atoms with Crippen molar-refractivity contribution in [3.8, 4) is 0 Å². The van der Waals surface area contributed by atoms with Crippen molar-refractivity contribution in [1.29, 1.82) is 0 Å². The Morgan fingerprint density at radius 1 is 1.04 bits per heavy atom. The Kier molecular flexibility index (Phi) is 5.71. The molecule has 2 aromatic rings. The van der Waals surface area contributed by atoms with Crippen LogP contribution in [0.1, 0.15) is 22.3 Å². The molecule has 2 aromatic carbocycles. The largest absolute Gasteiger partial charge is 0.352 e. The first-order valence-electron chi connectivity index (χ1n) is 8.91. The van der Waals surface area contributed by atoms with Crippen LogP contribution in [0.25, 0.3) is 0 Å². The molecule has 1 heterocycles. The van der Waals surface area contributed by atoms with Crippen LogP contribution in [0.2, 0.25) is 0 Å². The number of aliphatic imine (C=N–C) groups is 1. The zero-order valence-corrected chi connectivity index (χ0v) is 15.5. The average Bonchev–Trinajstić information content (AvgIpc) is 2.63. The molecule has 25 heavy (non-hydrogen) atoms. The smallest absolute Gasteiger partial charge is 0.194 e. The second-order valence-electron chi connectivity index (χ2n) is 6.85. The number of fused-ring (bicyclic) bond motifs is 1. The van der Waals surface area contributed by atoms with Gasteiger partial charge in [-0.05, 0) is 42.8 Å². The Morgan fingerprint density at radius 2 is 1.72 bits per heavy atom. The fourth-order valence-corrected chi connectivity index (χ4v) is 3.41. The van der Waals surface area contributed by atoms with Crippen LogP contribution in [-0.2, 0) is 26.1 Å². The fourth-order valence-electron chi connectivity index (χ4n) is 3.41. The van der Waals surface area contributed by atoms with Gasteiger partial charge in [0, 0.05) is 33.2 Å². The minimum Gasteiger partial charge on any atom is -0.352 e. The van der Waals surface area contributed by atoms with Gasteiger partial charge in [0.1, 0.15) is 0 Å². The molecule has 4 heteroatoms. The summed E-state index contributed by atoms with van der Waals surface area (Å²) in [6, 6.07) is 17.3. The molecule has 0 aromatic heterocycles. The van der Waals surface area contributed by atoms with Gasteiger partial charge in [-0.15, -0.1) is 0 Å². The Balaban J connectivity index is 1.66. The molecule has 1 aliphatic heterocycles. The monoisotopic (exact) mass is 336 g/mol. The van der Waals surface area contributed by atoms with Gasteiger partial charge in [-0.25, -0.2) is 0 Å². The van der Waals surface area contributed by atoms with Crippen molar-refractivity contribution in [1.82, 2.24) is 15.1 Å². The van der Waals surface area contributed by atoms with Crippen molar-refractivity contribution in [3.63, 3.8) is 0 Å². The normalized spacial score (nSPS) is 14.6. The molecule has 1 aliphatic rings. The van der Waals surface area contributed by atoms with Gasteiger partial charge in [-0.3, -0.25) is 4.99 Å². The molecule has 0 aliphatic carbocycles. The zero-order valence-electron chi connectivity index (χ0n) is 15.5. The molecule has 0 spiro atoms. The molecule has 132 valence electrons. The van der Waals surface area contributed by atoms with Gasteiger partial charge in [0.25, 0.3) is 0 Å².